The van der Waals surface area contributed by atoms with Crippen LogP contribution in [-0.2, 0) is 13.1 Å². The Morgan fingerprint density at radius 1 is 1.03 bits per heavy atom. The number of para-hydroxylation sites is 1. The van der Waals surface area contributed by atoms with Crippen molar-refractivity contribution in [1.82, 2.24) is 10.6 Å². The van der Waals surface area contributed by atoms with Gasteiger partial charge in [-0.25, -0.2) is 4.99 Å². The highest BCUT2D eigenvalue weighted by Gasteiger charge is 2.10. The maximum absolute atomic E-state index is 12.6. The Labute approximate surface area is 169 Å². The molecule has 0 fully saturated rings. The van der Waals surface area contributed by atoms with Crippen LogP contribution in [0.1, 0.15) is 25.0 Å². The second-order valence-corrected chi connectivity index (χ2v) is 5.95. The molecule has 0 heterocycles. The molecule has 2 rings (SSSR count). The van der Waals surface area contributed by atoms with Gasteiger partial charge in [-0.3, -0.25) is 0 Å². The quantitative estimate of drug-likeness (QED) is 0.461. The lowest BCUT2D eigenvalue weighted by atomic mass is 10.2. The third-order valence-electron chi connectivity index (χ3n) is 3.93. The molecule has 2 aromatic rings. The number of hydrogen-bond donors (Lipinski definition) is 2. The van der Waals surface area contributed by atoms with Gasteiger partial charge < -0.3 is 24.8 Å². The minimum absolute atomic E-state index is 0.141. The first kappa shape index (κ1) is 22.3. The van der Waals surface area contributed by atoms with Crippen LogP contribution < -0.4 is 24.8 Å². The highest BCUT2D eigenvalue weighted by atomic mass is 19.3. The van der Waals surface area contributed by atoms with E-state index >= 15 is 0 Å². The summed E-state index contributed by atoms with van der Waals surface area (Å²) in [5.74, 6) is 2.04. The van der Waals surface area contributed by atoms with Crippen molar-refractivity contribution in [1.29, 1.82) is 0 Å². The number of guanidine groups is 1. The van der Waals surface area contributed by atoms with Gasteiger partial charge in [-0.2, -0.15) is 8.78 Å². The molecule has 0 saturated carbocycles. The van der Waals surface area contributed by atoms with Gasteiger partial charge in [0.1, 0.15) is 5.75 Å². The lowest BCUT2D eigenvalue weighted by molar-refractivity contribution is -0.0504. The van der Waals surface area contributed by atoms with Gasteiger partial charge in [0, 0.05) is 18.7 Å². The highest BCUT2D eigenvalue weighted by Crippen LogP contribution is 2.28. The molecule has 0 unspecified atom stereocenters. The van der Waals surface area contributed by atoms with Crippen molar-refractivity contribution >= 4 is 5.96 Å². The van der Waals surface area contributed by atoms with E-state index in [9.17, 15) is 8.78 Å². The zero-order valence-corrected chi connectivity index (χ0v) is 16.9. The molecule has 8 heteroatoms. The van der Waals surface area contributed by atoms with Gasteiger partial charge in [0.15, 0.2) is 17.5 Å². The molecule has 0 amide bonds. The van der Waals surface area contributed by atoms with Crippen LogP contribution in [-0.4, -0.2) is 32.8 Å². The molecule has 0 bridgehead atoms. The predicted octanol–water partition coefficient (Wildman–Crippen LogP) is 3.95. The summed E-state index contributed by atoms with van der Waals surface area (Å²) in [7, 11) is 1.59. The summed E-state index contributed by atoms with van der Waals surface area (Å²) in [6.07, 6.45) is 0. The van der Waals surface area contributed by atoms with E-state index in [2.05, 4.69) is 20.4 Å². The second kappa shape index (κ2) is 11.7. The Kier molecular flexibility index (Phi) is 9.01. The van der Waals surface area contributed by atoms with Crippen LogP contribution in [0.3, 0.4) is 0 Å². The number of rotatable bonds is 10. The molecular weight excluding hydrogens is 380 g/mol. The number of hydrogen-bond acceptors (Lipinski definition) is 4. The predicted molar refractivity (Wildman–Crippen MR) is 109 cm³/mol. The summed E-state index contributed by atoms with van der Waals surface area (Å²) in [5, 5.41) is 6.28. The zero-order chi connectivity index (χ0) is 21.1. The first-order valence-corrected chi connectivity index (χ1v) is 9.42. The van der Waals surface area contributed by atoms with E-state index in [0.717, 1.165) is 5.56 Å². The van der Waals surface area contributed by atoms with Gasteiger partial charge in [0.25, 0.3) is 0 Å². The van der Waals surface area contributed by atoms with Gasteiger partial charge in [0.05, 0.1) is 20.3 Å². The molecule has 6 nitrogen and oxygen atoms in total. The average molecular weight is 407 g/mol. The van der Waals surface area contributed by atoms with E-state index in [1.807, 2.05) is 32.0 Å². The van der Waals surface area contributed by atoms with Crippen LogP contribution in [0.25, 0.3) is 0 Å². The topological polar surface area (TPSA) is 64.1 Å². The van der Waals surface area contributed by atoms with Crippen LogP contribution >= 0.6 is 0 Å². The van der Waals surface area contributed by atoms with E-state index < -0.39 is 6.61 Å². The fourth-order valence-electron chi connectivity index (χ4n) is 2.64. The van der Waals surface area contributed by atoms with E-state index in [0.29, 0.717) is 49.3 Å². The maximum Gasteiger partial charge on any atom is 0.387 e. The molecule has 0 atom stereocenters. The normalized spacial score (nSPS) is 11.3. The third-order valence-corrected chi connectivity index (χ3v) is 3.93. The Balaban J connectivity index is 2.07. The van der Waals surface area contributed by atoms with Crippen molar-refractivity contribution in [3.05, 3.63) is 53.6 Å². The van der Waals surface area contributed by atoms with Crippen LogP contribution in [0.15, 0.2) is 47.5 Å². The third kappa shape index (κ3) is 7.14. The number of aliphatic imine (C=N–C) groups is 1. The Morgan fingerprint density at radius 2 is 1.83 bits per heavy atom. The second-order valence-electron chi connectivity index (χ2n) is 5.95. The molecule has 0 saturated heterocycles. The van der Waals surface area contributed by atoms with Crippen LogP contribution in [0.2, 0.25) is 0 Å². The van der Waals surface area contributed by atoms with Gasteiger partial charge in [-0.15, -0.1) is 0 Å². The molecule has 0 aliphatic carbocycles. The summed E-state index contributed by atoms with van der Waals surface area (Å²) >= 11 is 0. The maximum atomic E-state index is 12.6. The Morgan fingerprint density at radius 3 is 2.52 bits per heavy atom. The van der Waals surface area contributed by atoms with Gasteiger partial charge in [-0.05, 0) is 37.6 Å². The van der Waals surface area contributed by atoms with E-state index in [1.165, 1.54) is 6.07 Å². The summed E-state index contributed by atoms with van der Waals surface area (Å²) < 4.78 is 40.6. The van der Waals surface area contributed by atoms with Crippen molar-refractivity contribution in [2.45, 2.75) is 33.5 Å². The number of nitrogens with one attached hydrogen (secondary N) is 2. The Bertz CT molecular complexity index is 800. The van der Waals surface area contributed by atoms with Gasteiger partial charge >= 0.3 is 6.61 Å². The lowest BCUT2D eigenvalue weighted by Crippen LogP contribution is -2.36. The molecule has 0 spiro atoms. The van der Waals surface area contributed by atoms with Gasteiger partial charge in [0.2, 0.25) is 0 Å². The van der Waals surface area contributed by atoms with Crippen molar-refractivity contribution in [2.75, 3.05) is 20.3 Å². The summed E-state index contributed by atoms with van der Waals surface area (Å²) in [4.78, 5) is 4.55. The van der Waals surface area contributed by atoms with Gasteiger partial charge in [-0.1, -0.05) is 24.3 Å². The first-order valence-electron chi connectivity index (χ1n) is 9.42. The lowest BCUT2D eigenvalue weighted by Gasteiger charge is -2.14. The van der Waals surface area contributed by atoms with E-state index in [4.69, 9.17) is 9.47 Å². The number of nitrogens with zero attached hydrogens (tertiary/aromatic N) is 1. The molecule has 29 heavy (non-hydrogen) atoms. The number of halogens is 2. The van der Waals surface area contributed by atoms with Crippen LogP contribution in [0.4, 0.5) is 8.78 Å². The van der Waals surface area contributed by atoms with Crippen LogP contribution in [0.5, 0.6) is 17.2 Å². The fraction of sp³-hybridized carbons (Fsp3) is 0.381. The summed E-state index contributed by atoms with van der Waals surface area (Å²) in [6, 6.07) is 12.3. The van der Waals surface area contributed by atoms with Crippen molar-refractivity contribution in [3.63, 3.8) is 0 Å². The molecule has 0 aliphatic heterocycles. The number of ether oxygens (including phenoxy) is 3. The largest absolute Gasteiger partial charge is 0.493 e. The van der Waals surface area contributed by atoms with E-state index in [-0.39, 0.29) is 5.75 Å². The molecule has 2 aromatic carbocycles. The average Bonchev–Trinajstić information content (AvgIpc) is 2.71. The first-order chi connectivity index (χ1) is 14.1. The minimum Gasteiger partial charge on any atom is -0.493 e. The standard InChI is InChI=1S/C21H27F2N3O3/c1-4-24-21(26-14-16-8-6-7-9-17(16)29-20(22)23)25-13-15-10-11-18(28-5-2)19(12-15)27-3/h6-12,20H,4-5,13-14H2,1-3H3,(H2,24,25,26). The molecule has 0 aliphatic rings. The fourth-order valence-corrected chi connectivity index (χ4v) is 2.64. The van der Waals surface area contributed by atoms with Crippen molar-refractivity contribution in [3.8, 4) is 17.2 Å². The van der Waals surface area contributed by atoms with Crippen molar-refractivity contribution in [2.24, 2.45) is 4.99 Å². The molecule has 2 N–H and O–H groups in total. The van der Waals surface area contributed by atoms with Crippen molar-refractivity contribution < 1.29 is 23.0 Å². The number of benzene rings is 2. The molecule has 0 radical (unpaired) electrons. The SMILES string of the molecule is CCNC(=NCc1ccc(OCC)c(OC)c1)NCc1ccccc1OC(F)F. The molecule has 0 aromatic heterocycles. The number of methoxy groups -OCH3 is 1. The molecule has 158 valence electrons. The smallest absolute Gasteiger partial charge is 0.387 e. The van der Waals surface area contributed by atoms with Crippen LogP contribution in [0, 0.1) is 0 Å². The Hall–Kier alpha value is -3.03. The monoisotopic (exact) mass is 407 g/mol. The summed E-state index contributed by atoms with van der Waals surface area (Å²) in [6.45, 7) is 2.91. The zero-order valence-electron chi connectivity index (χ0n) is 16.9. The number of alkyl halides is 2. The summed E-state index contributed by atoms with van der Waals surface area (Å²) in [5.41, 5.74) is 1.56. The van der Waals surface area contributed by atoms with E-state index in [1.54, 1.807) is 25.3 Å². The molecular formula is C21H27F2N3O3. The minimum atomic E-state index is -2.87. The highest BCUT2D eigenvalue weighted by molar-refractivity contribution is 5.79.